The fourth-order valence-corrected chi connectivity index (χ4v) is 1.79. The highest BCUT2D eigenvalue weighted by Gasteiger charge is 2.26. The molecule has 0 saturated heterocycles. The summed E-state index contributed by atoms with van der Waals surface area (Å²) < 4.78 is 0. The molecule has 1 aliphatic rings. The second-order valence-corrected chi connectivity index (χ2v) is 4.31. The maximum Gasteiger partial charge on any atom is 0.220 e. The Kier molecular flexibility index (Phi) is 4.94. The Bertz CT molecular complexity index is 176. The Morgan fingerprint density at radius 3 is 2.64 bits per heavy atom. The summed E-state index contributed by atoms with van der Waals surface area (Å²) in [6, 6.07) is 0.684. The highest BCUT2D eigenvalue weighted by molar-refractivity contribution is 5.76. The minimum absolute atomic E-state index is 0.206. The van der Waals surface area contributed by atoms with Gasteiger partial charge in [-0.3, -0.25) is 4.79 Å². The molecule has 3 heteroatoms. The van der Waals surface area contributed by atoms with E-state index in [0.717, 1.165) is 19.3 Å². The Labute approximate surface area is 86.4 Å². The van der Waals surface area contributed by atoms with Crippen LogP contribution in [0.3, 0.4) is 0 Å². The monoisotopic (exact) mass is 198 g/mol. The molecule has 0 atom stereocenters. The lowest BCUT2D eigenvalue weighted by Crippen LogP contribution is -2.50. The van der Waals surface area contributed by atoms with E-state index < -0.39 is 0 Å². The van der Waals surface area contributed by atoms with Crippen molar-refractivity contribution in [3.8, 4) is 0 Å². The average molecular weight is 198 g/mol. The molecule has 3 nitrogen and oxygen atoms in total. The van der Waals surface area contributed by atoms with E-state index in [1.807, 2.05) is 0 Å². The van der Waals surface area contributed by atoms with Crippen LogP contribution < -0.4 is 11.1 Å². The van der Waals surface area contributed by atoms with E-state index in [2.05, 4.69) is 12.2 Å². The van der Waals surface area contributed by atoms with Crippen LogP contribution in [-0.4, -0.2) is 18.0 Å². The minimum Gasteiger partial charge on any atom is -0.353 e. The third-order valence-electron chi connectivity index (χ3n) is 2.80. The van der Waals surface area contributed by atoms with Crippen molar-refractivity contribution in [1.29, 1.82) is 0 Å². The second kappa shape index (κ2) is 6.02. The van der Waals surface area contributed by atoms with Crippen molar-refractivity contribution < 1.29 is 4.79 Å². The summed E-state index contributed by atoms with van der Waals surface area (Å²) in [6.45, 7) is 2.18. The van der Waals surface area contributed by atoms with Gasteiger partial charge in [0.25, 0.3) is 0 Å². The lowest BCUT2D eigenvalue weighted by atomic mass is 9.87. The van der Waals surface area contributed by atoms with Gasteiger partial charge in [0.05, 0.1) is 0 Å². The van der Waals surface area contributed by atoms with Gasteiger partial charge in [0.2, 0.25) is 5.91 Å². The van der Waals surface area contributed by atoms with Crippen molar-refractivity contribution in [2.75, 3.05) is 0 Å². The van der Waals surface area contributed by atoms with Crippen LogP contribution in [0.2, 0.25) is 0 Å². The summed E-state index contributed by atoms with van der Waals surface area (Å²) >= 11 is 0. The molecule has 14 heavy (non-hydrogen) atoms. The normalized spacial score (nSPS) is 25.6. The van der Waals surface area contributed by atoms with E-state index in [0.29, 0.717) is 18.5 Å². The molecule has 0 bridgehead atoms. The SMILES string of the molecule is CCCCCCC(=O)NC1CC(N)C1. The molecule has 1 amide bonds. The van der Waals surface area contributed by atoms with E-state index in [4.69, 9.17) is 5.73 Å². The summed E-state index contributed by atoms with van der Waals surface area (Å²) in [7, 11) is 0. The van der Waals surface area contributed by atoms with Gasteiger partial charge in [0.15, 0.2) is 0 Å². The molecule has 0 aliphatic heterocycles. The second-order valence-electron chi connectivity index (χ2n) is 4.31. The molecule has 1 saturated carbocycles. The summed E-state index contributed by atoms with van der Waals surface area (Å²) in [5, 5.41) is 3.00. The lowest BCUT2D eigenvalue weighted by Gasteiger charge is -2.32. The number of unbranched alkanes of at least 4 members (excludes halogenated alkanes) is 3. The summed E-state index contributed by atoms with van der Waals surface area (Å²) in [4.78, 5) is 11.4. The first kappa shape index (κ1) is 11.5. The molecule has 0 spiro atoms. The van der Waals surface area contributed by atoms with Gasteiger partial charge in [-0.1, -0.05) is 26.2 Å². The Morgan fingerprint density at radius 2 is 2.07 bits per heavy atom. The molecule has 3 N–H and O–H groups in total. The maximum atomic E-state index is 11.4. The Morgan fingerprint density at radius 1 is 1.36 bits per heavy atom. The van der Waals surface area contributed by atoms with Crippen LogP contribution >= 0.6 is 0 Å². The van der Waals surface area contributed by atoms with Crippen LogP contribution in [0.25, 0.3) is 0 Å². The van der Waals surface area contributed by atoms with Crippen LogP contribution in [0.1, 0.15) is 51.9 Å². The Hall–Kier alpha value is -0.570. The van der Waals surface area contributed by atoms with E-state index in [1.165, 1.54) is 19.3 Å². The molecule has 0 aromatic rings. The minimum atomic E-state index is 0.206. The maximum absolute atomic E-state index is 11.4. The number of rotatable bonds is 6. The van der Waals surface area contributed by atoms with E-state index in [-0.39, 0.29) is 5.91 Å². The summed E-state index contributed by atoms with van der Waals surface area (Å²) in [5.74, 6) is 0.206. The zero-order chi connectivity index (χ0) is 10.4. The fourth-order valence-electron chi connectivity index (χ4n) is 1.79. The van der Waals surface area contributed by atoms with Gasteiger partial charge in [-0.15, -0.1) is 0 Å². The largest absolute Gasteiger partial charge is 0.353 e. The smallest absolute Gasteiger partial charge is 0.220 e. The van der Waals surface area contributed by atoms with Gasteiger partial charge in [-0.05, 0) is 19.3 Å². The van der Waals surface area contributed by atoms with E-state index >= 15 is 0 Å². The fraction of sp³-hybridized carbons (Fsp3) is 0.909. The molecule has 0 unspecified atom stereocenters. The van der Waals surface area contributed by atoms with Gasteiger partial charge in [-0.25, -0.2) is 0 Å². The van der Waals surface area contributed by atoms with Gasteiger partial charge in [0, 0.05) is 18.5 Å². The number of carbonyl (C=O) groups excluding carboxylic acids is 1. The molecular weight excluding hydrogens is 176 g/mol. The Balaban J connectivity index is 1.94. The first-order chi connectivity index (χ1) is 6.72. The van der Waals surface area contributed by atoms with Gasteiger partial charge < -0.3 is 11.1 Å². The molecular formula is C11H22N2O. The highest BCUT2D eigenvalue weighted by Crippen LogP contribution is 2.17. The number of hydrogen-bond acceptors (Lipinski definition) is 2. The molecule has 0 aromatic heterocycles. The first-order valence-electron chi connectivity index (χ1n) is 5.77. The van der Waals surface area contributed by atoms with Crippen LogP contribution in [0.4, 0.5) is 0 Å². The summed E-state index contributed by atoms with van der Waals surface area (Å²) in [6.07, 6.45) is 7.26. The summed E-state index contributed by atoms with van der Waals surface area (Å²) in [5.41, 5.74) is 5.63. The molecule has 0 aromatic carbocycles. The van der Waals surface area contributed by atoms with E-state index in [1.54, 1.807) is 0 Å². The highest BCUT2D eigenvalue weighted by atomic mass is 16.1. The predicted molar refractivity (Wildman–Crippen MR) is 57.9 cm³/mol. The molecule has 1 aliphatic carbocycles. The molecule has 82 valence electrons. The number of carbonyl (C=O) groups is 1. The van der Waals surface area contributed by atoms with Crippen LogP contribution in [0.5, 0.6) is 0 Å². The number of nitrogens with two attached hydrogens (primary N) is 1. The van der Waals surface area contributed by atoms with Gasteiger partial charge in [-0.2, -0.15) is 0 Å². The van der Waals surface area contributed by atoms with E-state index in [9.17, 15) is 4.79 Å². The van der Waals surface area contributed by atoms with Crippen LogP contribution in [0, 0.1) is 0 Å². The quantitative estimate of drug-likeness (QED) is 0.636. The van der Waals surface area contributed by atoms with Crippen molar-refractivity contribution in [2.45, 2.75) is 64.0 Å². The van der Waals surface area contributed by atoms with Crippen molar-refractivity contribution >= 4 is 5.91 Å². The third kappa shape index (κ3) is 4.09. The zero-order valence-electron chi connectivity index (χ0n) is 9.09. The number of amides is 1. The average Bonchev–Trinajstić information content (AvgIpc) is 2.10. The predicted octanol–water partition coefficient (Wildman–Crippen LogP) is 1.56. The van der Waals surface area contributed by atoms with Crippen LogP contribution in [-0.2, 0) is 4.79 Å². The molecule has 1 rings (SSSR count). The zero-order valence-corrected chi connectivity index (χ0v) is 9.09. The van der Waals surface area contributed by atoms with Crippen molar-refractivity contribution in [2.24, 2.45) is 5.73 Å². The van der Waals surface area contributed by atoms with Gasteiger partial charge in [0.1, 0.15) is 0 Å². The number of hydrogen-bond donors (Lipinski definition) is 2. The standard InChI is InChI=1S/C11H22N2O/c1-2-3-4-5-6-11(14)13-10-7-9(12)8-10/h9-10H,2-8,12H2,1H3,(H,13,14). The van der Waals surface area contributed by atoms with Crippen molar-refractivity contribution in [3.05, 3.63) is 0 Å². The topological polar surface area (TPSA) is 55.1 Å². The lowest BCUT2D eigenvalue weighted by molar-refractivity contribution is -0.122. The van der Waals surface area contributed by atoms with Crippen LogP contribution in [0.15, 0.2) is 0 Å². The first-order valence-corrected chi connectivity index (χ1v) is 5.77. The molecule has 1 fully saturated rings. The third-order valence-corrected chi connectivity index (χ3v) is 2.80. The molecule has 0 heterocycles. The van der Waals surface area contributed by atoms with Crippen molar-refractivity contribution in [3.63, 3.8) is 0 Å². The number of nitrogens with one attached hydrogen (secondary N) is 1. The molecule has 0 radical (unpaired) electrons. The van der Waals surface area contributed by atoms with Crippen molar-refractivity contribution in [1.82, 2.24) is 5.32 Å². The van der Waals surface area contributed by atoms with Gasteiger partial charge >= 0.3 is 0 Å².